The van der Waals surface area contributed by atoms with Crippen molar-refractivity contribution >= 4 is 31.7 Å². The van der Waals surface area contributed by atoms with Crippen LogP contribution in [0.25, 0.3) is 0 Å². The lowest BCUT2D eigenvalue weighted by atomic mass is 10.2. The highest BCUT2D eigenvalue weighted by Gasteiger charge is 2.34. The molecule has 2 rings (SSSR count). The van der Waals surface area contributed by atoms with E-state index >= 15 is 0 Å². The Labute approximate surface area is 190 Å². The molecule has 11 heteroatoms. The first-order valence-corrected chi connectivity index (χ1v) is 14.1. The Bertz CT molecular complexity index is 1000. The highest BCUT2D eigenvalue weighted by molar-refractivity contribution is 7.91. The lowest BCUT2D eigenvalue weighted by Gasteiger charge is -2.28. The quantitative estimate of drug-likeness (QED) is 0.435. The second kappa shape index (κ2) is 11.2. The molecular weight excluding hydrogens is 456 g/mol. The third-order valence-electron chi connectivity index (χ3n) is 5.48. The molecule has 0 saturated carbocycles. The number of hydrogen-bond donors (Lipinski definition) is 0. The van der Waals surface area contributed by atoms with Crippen LogP contribution in [-0.2, 0) is 29.4 Å². The first-order valence-electron chi connectivity index (χ1n) is 10.8. The van der Waals surface area contributed by atoms with Crippen molar-refractivity contribution < 1.29 is 31.2 Å². The highest BCUT2D eigenvalue weighted by Crippen LogP contribution is 2.19. The largest absolute Gasteiger partial charge is 0.452 e. The maximum Gasteiger partial charge on any atom is 0.338 e. The molecule has 0 radical (unpaired) electrons. The average molecular weight is 489 g/mol. The Balaban J connectivity index is 2.03. The van der Waals surface area contributed by atoms with Gasteiger partial charge < -0.3 is 9.64 Å². The summed E-state index contributed by atoms with van der Waals surface area (Å²) in [6.45, 7) is 6.04. The van der Waals surface area contributed by atoms with E-state index in [9.17, 15) is 26.4 Å². The topological polar surface area (TPSA) is 118 Å². The van der Waals surface area contributed by atoms with Crippen molar-refractivity contribution in [3.05, 3.63) is 29.8 Å². The fourth-order valence-electron chi connectivity index (χ4n) is 3.63. The molecule has 1 atom stereocenters. The molecule has 180 valence electrons. The van der Waals surface area contributed by atoms with Crippen LogP contribution in [0.15, 0.2) is 29.2 Å². The number of carbonyl (C=O) groups is 2. The number of hydrogen-bond acceptors (Lipinski definition) is 7. The minimum atomic E-state index is -3.64. The summed E-state index contributed by atoms with van der Waals surface area (Å²) in [5.74, 6) is -1.20. The van der Waals surface area contributed by atoms with Gasteiger partial charge in [0.05, 0.1) is 22.0 Å². The summed E-state index contributed by atoms with van der Waals surface area (Å²) in [5, 5.41) is 0. The number of benzene rings is 1. The highest BCUT2D eigenvalue weighted by atomic mass is 32.2. The molecule has 1 fully saturated rings. The Morgan fingerprint density at radius 1 is 1.09 bits per heavy atom. The number of ether oxygens (including phenoxy) is 1. The van der Waals surface area contributed by atoms with Crippen LogP contribution in [0.3, 0.4) is 0 Å². The summed E-state index contributed by atoms with van der Waals surface area (Å²) >= 11 is 0. The van der Waals surface area contributed by atoms with Gasteiger partial charge in [0.15, 0.2) is 16.4 Å². The predicted octanol–water partition coefficient (Wildman–Crippen LogP) is 1.69. The van der Waals surface area contributed by atoms with Gasteiger partial charge >= 0.3 is 5.97 Å². The van der Waals surface area contributed by atoms with Gasteiger partial charge in [-0.05, 0) is 37.1 Å². The van der Waals surface area contributed by atoms with Crippen LogP contribution >= 0.6 is 0 Å². The number of rotatable bonds is 11. The Kier molecular flexibility index (Phi) is 9.23. The van der Waals surface area contributed by atoms with Gasteiger partial charge in [-0.15, -0.1) is 0 Å². The molecular formula is C21H32N2O7S2. The van der Waals surface area contributed by atoms with E-state index in [1.165, 1.54) is 33.5 Å². The van der Waals surface area contributed by atoms with Gasteiger partial charge in [-0.1, -0.05) is 27.2 Å². The summed E-state index contributed by atoms with van der Waals surface area (Å²) in [7, 11) is -6.79. The number of unbranched alkanes of at least 4 members (excludes halogenated alkanes) is 1. The maximum atomic E-state index is 12.7. The number of sulfone groups is 1. The summed E-state index contributed by atoms with van der Waals surface area (Å²) in [6.07, 6.45) is 1.94. The molecule has 1 aromatic rings. The van der Waals surface area contributed by atoms with Crippen molar-refractivity contribution in [2.75, 3.05) is 37.7 Å². The number of amides is 1. The van der Waals surface area contributed by atoms with Gasteiger partial charge in [-0.2, -0.15) is 4.31 Å². The molecule has 1 aliphatic heterocycles. The van der Waals surface area contributed by atoms with Crippen molar-refractivity contribution in [1.29, 1.82) is 0 Å². The first-order chi connectivity index (χ1) is 15.1. The third-order valence-corrected chi connectivity index (χ3v) is 9.30. The standard InChI is InChI=1S/C21H32N2O7S2/c1-4-7-13-23(18-12-14-31(26,27)16-18)20(24)15-30-21(25)17-8-10-19(11-9-17)32(28,29)22(5-2)6-3/h8-11,18H,4-7,12-16H2,1-3H3. The van der Waals surface area contributed by atoms with E-state index in [2.05, 4.69) is 0 Å². The van der Waals surface area contributed by atoms with Crippen LogP contribution in [-0.4, -0.2) is 81.7 Å². The van der Waals surface area contributed by atoms with Gasteiger partial charge in [-0.25, -0.2) is 21.6 Å². The van der Waals surface area contributed by atoms with Crippen LogP contribution in [0.4, 0.5) is 0 Å². The molecule has 1 heterocycles. The molecule has 32 heavy (non-hydrogen) atoms. The summed E-state index contributed by atoms with van der Waals surface area (Å²) in [6, 6.07) is 4.97. The molecule has 0 aliphatic carbocycles. The van der Waals surface area contributed by atoms with E-state index in [-0.39, 0.29) is 22.0 Å². The van der Waals surface area contributed by atoms with Crippen molar-refractivity contribution in [3.8, 4) is 0 Å². The van der Waals surface area contributed by atoms with Crippen molar-refractivity contribution in [2.24, 2.45) is 0 Å². The molecule has 0 aromatic heterocycles. The van der Waals surface area contributed by atoms with E-state index in [4.69, 9.17) is 4.74 Å². The van der Waals surface area contributed by atoms with Crippen LogP contribution in [0.1, 0.15) is 50.4 Å². The second-order valence-electron chi connectivity index (χ2n) is 7.69. The van der Waals surface area contributed by atoms with Gasteiger partial charge in [0, 0.05) is 25.7 Å². The third kappa shape index (κ3) is 6.52. The smallest absolute Gasteiger partial charge is 0.338 e. The number of carbonyl (C=O) groups excluding carboxylic acids is 2. The Morgan fingerprint density at radius 2 is 1.72 bits per heavy atom. The Hall–Kier alpha value is -1.98. The van der Waals surface area contributed by atoms with E-state index in [0.29, 0.717) is 26.1 Å². The molecule has 1 aliphatic rings. The lowest BCUT2D eigenvalue weighted by molar-refractivity contribution is -0.136. The number of nitrogens with zero attached hydrogens (tertiary/aromatic N) is 2. The van der Waals surface area contributed by atoms with Crippen molar-refractivity contribution in [1.82, 2.24) is 9.21 Å². The molecule has 0 bridgehead atoms. The minimum Gasteiger partial charge on any atom is -0.452 e. The molecule has 0 N–H and O–H groups in total. The zero-order chi connectivity index (χ0) is 23.9. The summed E-state index contributed by atoms with van der Waals surface area (Å²) < 4.78 is 55.1. The van der Waals surface area contributed by atoms with E-state index in [1.807, 2.05) is 6.92 Å². The summed E-state index contributed by atoms with van der Waals surface area (Å²) in [4.78, 5) is 26.6. The Morgan fingerprint density at radius 3 is 2.22 bits per heavy atom. The first kappa shape index (κ1) is 26.3. The molecule has 1 amide bonds. The van der Waals surface area contributed by atoms with Crippen LogP contribution < -0.4 is 0 Å². The zero-order valence-electron chi connectivity index (χ0n) is 18.8. The van der Waals surface area contributed by atoms with E-state index < -0.39 is 44.4 Å². The van der Waals surface area contributed by atoms with Gasteiger partial charge in [0.2, 0.25) is 10.0 Å². The molecule has 0 spiro atoms. The zero-order valence-corrected chi connectivity index (χ0v) is 20.5. The molecule has 1 saturated heterocycles. The van der Waals surface area contributed by atoms with Crippen molar-refractivity contribution in [3.63, 3.8) is 0 Å². The van der Waals surface area contributed by atoms with E-state index in [0.717, 1.165) is 12.8 Å². The minimum absolute atomic E-state index is 0.0517. The lowest BCUT2D eigenvalue weighted by Crippen LogP contribution is -2.43. The molecule has 1 unspecified atom stereocenters. The normalized spacial score (nSPS) is 17.9. The fourth-order valence-corrected chi connectivity index (χ4v) is 6.82. The number of esters is 1. The number of sulfonamides is 1. The second-order valence-corrected chi connectivity index (χ2v) is 11.9. The average Bonchev–Trinajstić information content (AvgIpc) is 3.12. The molecule has 9 nitrogen and oxygen atoms in total. The van der Waals surface area contributed by atoms with Gasteiger partial charge in [0.1, 0.15) is 0 Å². The van der Waals surface area contributed by atoms with Gasteiger partial charge in [-0.3, -0.25) is 4.79 Å². The van der Waals surface area contributed by atoms with Crippen molar-refractivity contribution in [2.45, 2.75) is 51.0 Å². The van der Waals surface area contributed by atoms with Gasteiger partial charge in [0.25, 0.3) is 5.91 Å². The summed E-state index contributed by atoms with van der Waals surface area (Å²) in [5.41, 5.74) is 0.125. The van der Waals surface area contributed by atoms with E-state index in [1.54, 1.807) is 13.8 Å². The fraction of sp³-hybridized carbons (Fsp3) is 0.619. The molecule has 1 aromatic carbocycles. The van der Waals surface area contributed by atoms with Crippen LogP contribution in [0.5, 0.6) is 0 Å². The predicted molar refractivity (Wildman–Crippen MR) is 121 cm³/mol. The monoisotopic (exact) mass is 488 g/mol. The van der Waals surface area contributed by atoms with Crippen LogP contribution in [0.2, 0.25) is 0 Å². The maximum absolute atomic E-state index is 12.7. The van der Waals surface area contributed by atoms with Crippen LogP contribution in [0, 0.1) is 0 Å². The SMILES string of the molecule is CCCCN(C(=O)COC(=O)c1ccc(S(=O)(=O)N(CC)CC)cc1)C1CCS(=O)(=O)C1.